The van der Waals surface area contributed by atoms with Gasteiger partial charge in [0, 0.05) is 30.8 Å². The quantitative estimate of drug-likeness (QED) is 0.344. The maximum absolute atomic E-state index is 14.4. The van der Waals surface area contributed by atoms with Crippen LogP contribution in [-0.2, 0) is 11.3 Å². The zero-order chi connectivity index (χ0) is 26.8. The number of carbonyl (C=O) groups is 2. The fourth-order valence-electron chi connectivity index (χ4n) is 3.82. The van der Waals surface area contributed by atoms with Gasteiger partial charge in [-0.15, -0.1) is 0 Å². The number of fused-ring (bicyclic) bond motifs is 1. The first-order chi connectivity index (χ1) is 18.3. The predicted octanol–water partition coefficient (Wildman–Crippen LogP) is 3.76. The first-order valence-electron chi connectivity index (χ1n) is 11.9. The Morgan fingerprint density at radius 2 is 2.00 bits per heavy atom. The second kappa shape index (κ2) is 10.4. The molecule has 1 saturated carbocycles. The number of amides is 2. The third-order valence-electron chi connectivity index (χ3n) is 5.94. The molecule has 3 aromatic heterocycles. The van der Waals surface area contributed by atoms with Crippen molar-refractivity contribution in [2.75, 3.05) is 19.0 Å². The van der Waals surface area contributed by atoms with E-state index in [2.05, 4.69) is 25.7 Å². The van der Waals surface area contributed by atoms with Gasteiger partial charge in [-0.2, -0.15) is 9.49 Å². The van der Waals surface area contributed by atoms with E-state index in [4.69, 9.17) is 9.47 Å². The number of halogens is 2. The first kappa shape index (κ1) is 25.1. The second-order valence-electron chi connectivity index (χ2n) is 8.90. The van der Waals surface area contributed by atoms with Gasteiger partial charge in [-0.05, 0) is 43.0 Å². The average molecular weight is 523 g/mol. The Morgan fingerprint density at radius 1 is 1.18 bits per heavy atom. The number of imidazole rings is 1. The summed E-state index contributed by atoms with van der Waals surface area (Å²) in [5, 5.41) is 9.80. The molecule has 4 aromatic rings. The highest BCUT2D eigenvalue weighted by molar-refractivity contribution is 5.97. The van der Waals surface area contributed by atoms with Gasteiger partial charge in [0.15, 0.2) is 23.0 Å². The lowest BCUT2D eigenvalue weighted by Gasteiger charge is -2.14. The SMILES string of the molecule is COc1ncc(-c2ccc3nc(NC(C)=O)cn3n2)cc1C(=O)NCc1ccc(F)c(F)c1OCC1CC1. The number of hydrogen-bond donors (Lipinski definition) is 2. The third-order valence-corrected chi connectivity index (χ3v) is 5.94. The number of anilines is 1. The van der Waals surface area contributed by atoms with Gasteiger partial charge in [0.05, 0.1) is 25.6 Å². The van der Waals surface area contributed by atoms with E-state index in [0.29, 0.717) is 40.8 Å². The van der Waals surface area contributed by atoms with Crippen LogP contribution >= 0.6 is 0 Å². The van der Waals surface area contributed by atoms with E-state index in [9.17, 15) is 18.4 Å². The number of rotatable bonds is 9. The lowest BCUT2D eigenvalue weighted by atomic mass is 10.1. The molecule has 0 aliphatic heterocycles. The molecular weight excluding hydrogens is 498 g/mol. The number of carbonyl (C=O) groups excluding carboxylic acids is 2. The van der Waals surface area contributed by atoms with Gasteiger partial charge in [-0.3, -0.25) is 9.59 Å². The summed E-state index contributed by atoms with van der Waals surface area (Å²) < 4.78 is 40.6. The summed E-state index contributed by atoms with van der Waals surface area (Å²) in [4.78, 5) is 32.9. The molecule has 3 heterocycles. The Hall–Kier alpha value is -4.61. The zero-order valence-corrected chi connectivity index (χ0v) is 20.6. The van der Waals surface area contributed by atoms with Crippen molar-refractivity contribution in [3.63, 3.8) is 0 Å². The summed E-state index contributed by atoms with van der Waals surface area (Å²) >= 11 is 0. The Kier molecular flexibility index (Phi) is 6.86. The van der Waals surface area contributed by atoms with E-state index in [0.717, 1.165) is 18.9 Å². The summed E-state index contributed by atoms with van der Waals surface area (Å²) in [6.07, 6.45) is 5.06. The lowest BCUT2D eigenvalue weighted by Crippen LogP contribution is -2.24. The van der Waals surface area contributed by atoms with Gasteiger partial charge < -0.3 is 20.1 Å². The maximum atomic E-state index is 14.4. The van der Waals surface area contributed by atoms with Gasteiger partial charge >= 0.3 is 0 Å². The van der Waals surface area contributed by atoms with Crippen LogP contribution in [0.25, 0.3) is 16.9 Å². The number of methoxy groups -OCH3 is 1. The molecule has 1 fully saturated rings. The molecule has 0 unspecified atom stereocenters. The van der Waals surface area contributed by atoms with E-state index in [1.54, 1.807) is 24.4 Å². The molecule has 0 radical (unpaired) electrons. The molecule has 1 aliphatic carbocycles. The van der Waals surface area contributed by atoms with Crippen molar-refractivity contribution in [1.82, 2.24) is 24.9 Å². The van der Waals surface area contributed by atoms with Crippen LogP contribution < -0.4 is 20.1 Å². The van der Waals surface area contributed by atoms with Crippen LogP contribution in [0.1, 0.15) is 35.7 Å². The summed E-state index contributed by atoms with van der Waals surface area (Å²) in [7, 11) is 1.39. The summed E-state index contributed by atoms with van der Waals surface area (Å²) in [6.45, 7) is 1.57. The molecule has 12 heteroatoms. The Labute approximate surface area is 216 Å². The van der Waals surface area contributed by atoms with Crippen molar-refractivity contribution in [2.45, 2.75) is 26.3 Å². The zero-order valence-electron chi connectivity index (χ0n) is 20.6. The monoisotopic (exact) mass is 522 g/mol. The summed E-state index contributed by atoms with van der Waals surface area (Å²) in [6, 6.07) is 7.36. The molecule has 0 saturated heterocycles. The minimum atomic E-state index is -1.08. The summed E-state index contributed by atoms with van der Waals surface area (Å²) in [5.74, 6) is -2.32. The Bertz CT molecular complexity index is 1540. The minimum Gasteiger partial charge on any atom is -0.490 e. The molecule has 196 valence electrons. The van der Waals surface area contributed by atoms with Gasteiger partial charge in [-0.1, -0.05) is 6.07 Å². The maximum Gasteiger partial charge on any atom is 0.257 e. The standard InChI is InChI=1S/C26H24F2N6O4/c1-14(35)31-21-12-34-22(32-21)8-7-20(33-34)17-9-18(26(37-2)30-11-17)25(36)29-10-16-5-6-19(27)23(28)24(16)38-13-15-3-4-15/h5-9,11-12,15H,3-4,10,13H2,1-2H3,(H,29,36)(H,31,35). The topological polar surface area (TPSA) is 120 Å². The van der Waals surface area contributed by atoms with Crippen LogP contribution in [0.3, 0.4) is 0 Å². The smallest absolute Gasteiger partial charge is 0.257 e. The molecule has 2 amide bonds. The van der Waals surface area contributed by atoms with Crippen molar-refractivity contribution in [1.29, 1.82) is 0 Å². The highest BCUT2D eigenvalue weighted by Gasteiger charge is 2.25. The molecular formula is C26H24F2N6O4. The number of pyridine rings is 1. The molecule has 2 N–H and O–H groups in total. The highest BCUT2D eigenvalue weighted by atomic mass is 19.2. The molecule has 1 aromatic carbocycles. The molecule has 10 nitrogen and oxygen atoms in total. The number of aromatic nitrogens is 4. The van der Waals surface area contributed by atoms with E-state index in [-0.39, 0.29) is 29.6 Å². The fourth-order valence-corrected chi connectivity index (χ4v) is 3.82. The number of hydrogen-bond acceptors (Lipinski definition) is 7. The van der Waals surface area contributed by atoms with Crippen LogP contribution in [0.4, 0.5) is 14.6 Å². The van der Waals surface area contributed by atoms with Crippen molar-refractivity contribution in [2.24, 2.45) is 5.92 Å². The molecule has 0 atom stereocenters. The van der Waals surface area contributed by atoms with Crippen LogP contribution in [0.15, 0.2) is 42.7 Å². The van der Waals surface area contributed by atoms with E-state index in [1.807, 2.05) is 0 Å². The molecule has 5 rings (SSSR count). The number of ether oxygens (including phenoxy) is 2. The fraction of sp³-hybridized carbons (Fsp3) is 0.269. The Balaban J connectivity index is 1.37. The van der Waals surface area contributed by atoms with Crippen molar-refractivity contribution < 1.29 is 27.8 Å². The van der Waals surface area contributed by atoms with Crippen molar-refractivity contribution >= 4 is 23.3 Å². The average Bonchev–Trinajstić information content (AvgIpc) is 3.65. The molecule has 1 aliphatic rings. The number of benzene rings is 1. The van der Waals surface area contributed by atoms with Gasteiger partial charge in [0.25, 0.3) is 5.91 Å². The number of nitrogens with one attached hydrogen (secondary N) is 2. The van der Waals surface area contributed by atoms with E-state index >= 15 is 0 Å². The number of nitrogens with zero attached hydrogens (tertiary/aromatic N) is 4. The van der Waals surface area contributed by atoms with Crippen LogP contribution in [0, 0.1) is 17.6 Å². The molecule has 38 heavy (non-hydrogen) atoms. The van der Waals surface area contributed by atoms with Crippen LogP contribution in [-0.4, -0.2) is 45.1 Å². The van der Waals surface area contributed by atoms with Gasteiger partial charge in [0.1, 0.15) is 5.56 Å². The third kappa shape index (κ3) is 5.38. The van der Waals surface area contributed by atoms with Gasteiger partial charge in [-0.25, -0.2) is 18.9 Å². The molecule has 0 bridgehead atoms. The predicted molar refractivity (Wildman–Crippen MR) is 133 cm³/mol. The minimum absolute atomic E-state index is 0.0818. The first-order valence-corrected chi connectivity index (χ1v) is 11.9. The second-order valence-corrected chi connectivity index (χ2v) is 8.90. The van der Waals surface area contributed by atoms with Crippen molar-refractivity contribution in [3.05, 3.63) is 65.5 Å². The normalized spacial score (nSPS) is 12.8. The largest absolute Gasteiger partial charge is 0.490 e. The molecule has 0 spiro atoms. The van der Waals surface area contributed by atoms with Crippen LogP contribution in [0.2, 0.25) is 0 Å². The summed E-state index contributed by atoms with van der Waals surface area (Å²) in [5.41, 5.74) is 1.96. The van der Waals surface area contributed by atoms with E-state index in [1.165, 1.54) is 30.8 Å². The van der Waals surface area contributed by atoms with Crippen LogP contribution in [0.5, 0.6) is 11.6 Å². The Morgan fingerprint density at radius 3 is 2.74 bits per heavy atom. The lowest BCUT2D eigenvalue weighted by molar-refractivity contribution is -0.114. The highest BCUT2D eigenvalue weighted by Crippen LogP contribution is 2.32. The van der Waals surface area contributed by atoms with Crippen molar-refractivity contribution in [3.8, 4) is 22.9 Å². The van der Waals surface area contributed by atoms with Gasteiger partial charge in [0.2, 0.25) is 17.6 Å². The van der Waals surface area contributed by atoms with E-state index < -0.39 is 17.5 Å².